The second-order valence-corrected chi connectivity index (χ2v) is 6.81. The van der Waals surface area contributed by atoms with Crippen molar-refractivity contribution in [2.24, 2.45) is 5.92 Å². The number of nitrogens with one attached hydrogen (secondary N) is 1. The number of aryl methyl sites for hydroxylation is 1. The van der Waals surface area contributed by atoms with Gasteiger partial charge in [-0.2, -0.15) is 18.3 Å². The average molecular weight is 349 g/mol. The molecule has 8 heteroatoms. The molecule has 1 heterocycles. The first-order chi connectivity index (χ1) is 10.8. The molecule has 5 nitrogen and oxygen atoms in total. The van der Waals surface area contributed by atoms with Crippen molar-refractivity contribution in [3.63, 3.8) is 0 Å². The Kier molecular flexibility index (Phi) is 6.08. The molecule has 0 spiro atoms. The summed E-state index contributed by atoms with van der Waals surface area (Å²) in [5.41, 5.74) is 0.152. The smallest absolute Gasteiger partial charge is 0.388 e. The molecule has 0 radical (unpaired) electrons. The molecule has 1 aromatic rings. The second kappa shape index (κ2) is 7.13. The van der Waals surface area contributed by atoms with Gasteiger partial charge >= 0.3 is 6.18 Å². The maximum atomic E-state index is 12.6. The summed E-state index contributed by atoms with van der Waals surface area (Å²) in [6.07, 6.45) is -4.37. The molecular formula is C16H26F3N3O2. The molecule has 1 rings (SSSR count). The number of carbonyl (C=O) groups excluding carboxylic acids is 1. The lowest BCUT2D eigenvalue weighted by atomic mass is 9.92. The summed E-state index contributed by atoms with van der Waals surface area (Å²) in [6, 6.07) is 0. The number of amides is 1. The van der Waals surface area contributed by atoms with E-state index in [1.165, 1.54) is 6.92 Å². The van der Waals surface area contributed by atoms with E-state index in [1.54, 1.807) is 20.8 Å². The number of nitrogens with zero attached hydrogens (tertiary/aromatic N) is 2. The predicted molar refractivity (Wildman–Crippen MR) is 84.6 cm³/mol. The van der Waals surface area contributed by atoms with Crippen LogP contribution in [0, 0.1) is 19.8 Å². The van der Waals surface area contributed by atoms with Crippen molar-refractivity contribution >= 4 is 5.91 Å². The van der Waals surface area contributed by atoms with Crippen LogP contribution in [0.1, 0.15) is 50.6 Å². The van der Waals surface area contributed by atoms with Crippen LogP contribution in [0.3, 0.4) is 0 Å². The Morgan fingerprint density at radius 3 is 2.29 bits per heavy atom. The van der Waals surface area contributed by atoms with Gasteiger partial charge in [0.25, 0.3) is 0 Å². The van der Waals surface area contributed by atoms with Crippen LogP contribution in [0.4, 0.5) is 13.2 Å². The first-order valence-corrected chi connectivity index (χ1v) is 7.87. The molecule has 2 unspecified atom stereocenters. The van der Waals surface area contributed by atoms with Gasteiger partial charge in [0.1, 0.15) is 6.54 Å². The molecule has 0 saturated carbocycles. The molecule has 0 aromatic carbocycles. The molecule has 1 amide bonds. The number of aromatic nitrogens is 2. The Morgan fingerprint density at radius 2 is 1.83 bits per heavy atom. The first-order valence-electron chi connectivity index (χ1n) is 7.87. The van der Waals surface area contributed by atoms with E-state index in [2.05, 4.69) is 10.4 Å². The van der Waals surface area contributed by atoms with Gasteiger partial charge in [-0.05, 0) is 33.6 Å². The van der Waals surface area contributed by atoms with E-state index in [0.29, 0.717) is 17.0 Å². The number of carbonyl (C=O) groups is 1. The molecule has 2 N–H and O–H groups in total. The van der Waals surface area contributed by atoms with E-state index in [0.717, 1.165) is 4.68 Å². The quantitative estimate of drug-likeness (QED) is 0.830. The highest BCUT2D eigenvalue weighted by atomic mass is 19.4. The Hall–Kier alpha value is -1.57. The standard InChI is InChI=1S/C16H26F3N3O2/c1-9(2)15(6,24)7-20-14(23)10(3)13-11(4)21-22(12(13)5)8-16(17,18)19/h9-10,24H,7-8H2,1-6H3,(H,20,23). The third kappa shape index (κ3) is 4.96. The molecule has 0 aliphatic carbocycles. The SMILES string of the molecule is Cc1nn(CC(F)(F)F)c(C)c1C(C)C(=O)NCC(C)(O)C(C)C. The van der Waals surface area contributed by atoms with Crippen molar-refractivity contribution < 1.29 is 23.1 Å². The minimum Gasteiger partial charge on any atom is -0.388 e. The van der Waals surface area contributed by atoms with Crippen molar-refractivity contribution in [2.45, 2.75) is 65.8 Å². The molecule has 0 bridgehead atoms. The highest BCUT2D eigenvalue weighted by Gasteiger charge is 2.32. The van der Waals surface area contributed by atoms with Crippen LogP contribution in [0.15, 0.2) is 0 Å². The van der Waals surface area contributed by atoms with Crippen LogP contribution in [0.2, 0.25) is 0 Å². The zero-order valence-electron chi connectivity index (χ0n) is 15.0. The third-order valence-corrected chi connectivity index (χ3v) is 4.46. The maximum Gasteiger partial charge on any atom is 0.408 e. The molecular weight excluding hydrogens is 323 g/mol. The second-order valence-electron chi connectivity index (χ2n) is 6.81. The summed E-state index contributed by atoms with van der Waals surface area (Å²) in [4.78, 5) is 12.3. The first kappa shape index (κ1) is 20.5. The lowest BCUT2D eigenvalue weighted by Crippen LogP contribution is -2.45. The number of aliphatic hydroxyl groups is 1. The molecule has 0 aliphatic rings. The summed E-state index contributed by atoms with van der Waals surface area (Å²) in [6.45, 7) is 8.92. The van der Waals surface area contributed by atoms with Gasteiger partial charge in [0, 0.05) is 17.8 Å². The minimum absolute atomic E-state index is 0.0499. The largest absolute Gasteiger partial charge is 0.408 e. The zero-order valence-corrected chi connectivity index (χ0v) is 15.0. The van der Waals surface area contributed by atoms with Gasteiger partial charge in [-0.3, -0.25) is 9.48 Å². The van der Waals surface area contributed by atoms with Gasteiger partial charge in [-0.15, -0.1) is 0 Å². The molecule has 0 fully saturated rings. The van der Waals surface area contributed by atoms with Gasteiger partial charge in [0.05, 0.1) is 17.2 Å². The maximum absolute atomic E-state index is 12.6. The molecule has 138 valence electrons. The van der Waals surface area contributed by atoms with Gasteiger partial charge in [-0.25, -0.2) is 0 Å². The van der Waals surface area contributed by atoms with Crippen LogP contribution in [0.25, 0.3) is 0 Å². The molecule has 0 saturated heterocycles. The molecule has 2 atom stereocenters. The summed E-state index contributed by atoms with van der Waals surface area (Å²) in [7, 11) is 0. The number of hydrogen-bond acceptors (Lipinski definition) is 3. The van der Waals surface area contributed by atoms with Gasteiger partial charge in [0.15, 0.2) is 0 Å². The Labute approximate surface area is 140 Å². The lowest BCUT2D eigenvalue weighted by molar-refractivity contribution is -0.143. The number of alkyl halides is 3. The Balaban J connectivity index is 2.91. The normalized spacial score (nSPS) is 16.1. The fourth-order valence-electron chi connectivity index (χ4n) is 2.42. The van der Waals surface area contributed by atoms with Crippen LogP contribution in [-0.2, 0) is 11.3 Å². The summed E-state index contributed by atoms with van der Waals surface area (Å²) in [5, 5.41) is 16.7. The Bertz CT molecular complexity index is 592. The van der Waals surface area contributed by atoms with Gasteiger partial charge in [-0.1, -0.05) is 13.8 Å². The summed E-state index contributed by atoms with van der Waals surface area (Å²) < 4.78 is 38.6. The van der Waals surface area contributed by atoms with E-state index >= 15 is 0 Å². The van der Waals surface area contributed by atoms with Crippen LogP contribution in [0.5, 0.6) is 0 Å². The zero-order chi connectivity index (χ0) is 18.9. The van der Waals surface area contributed by atoms with Gasteiger partial charge < -0.3 is 10.4 Å². The van der Waals surface area contributed by atoms with Crippen LogP contribution >= 0.6 is 0 Å². The van der Waals surface area contributed by atoms with E-state index in [4.69, 9.17) is 0 Å². The van der Waals surface area contributed by atoms with Crippen LogP contribution in [-0.4, -0.2) is 39.1 Å². The number of hydrogen-bond donors (Lipinski definition) is 2. The van der Waals surface area contributed by atoms with Crippen molar-refractivity contribution in [2.75, 3.05) is 6.54 Å². The fourth-order valence-corrected chi connectivity index (χ4v) is 2.42. The monoisotopic (exact) mass is 349 g/mol. The van der Waals surface area contributed by atoms with Gasteiger partial charge in [0.2, 0.25) is 5.91 Å². The van der Waals surface area contributed by atoms with Crippen molar-refractivity contribution in [3.8, 4) is 0 Å². The summed E-state index contributed by atoms with van der Waals surface area (Å²) >= 11 is 0. The molecule has 24 heavy (non-hydrogen) atoms. The highest BCUT2D eigenvalue weighted by Crippen LogP contribution is 2.26. The van der Waals surface area contributed by atoms with Crippen molar-refractivity contribution in [3.05, 3.63) is 17.0 Å². The van der Waals surface area contributed by atoms with Crippen LogP contribution < -0.4 is 5.32 Å². The van der Waals surface area contributed by atoms with E-state index in [1.807, 2.05) is 13.8 Å². The minimum atomic E-state index is -4.37. The number of halogens is 3. The highest BCUT2D eigenvalue weighted by molar-refractivity contribution is 5.83. The lowest BCUT2D eigenvalue weighted by Gasteiger charge is -2.28. The van der Waals surface area contributed by atoms with E-state index < -0.39 is 24.2 Å². The third-order valence-electron chi connectivity index (χ3n) is 4.46. The van der Waals surface area contributed by atoms with E-state index in [9.17, 15) is 23.1 Å². The molecule has 0 aliphatic heterocycles. The topological polar surface area (TPSA) is 67.2 Å². The van der Waals surface area contributed by atoms with Crippen molar-refractivity contribution in [1.29, 1.82) is 0 Å². The average Bonchev–Trinajstić information content (AvgIpc) is 2.68. The van der Waals surface area contributed by atoms with E-state index in [-0.39, 0.29) is 18.4 Å². The molecule has 1 aromatic heterocycles. The summed E-state index contributed by atoms with van der Waals surface area (Å²) in [5.74, 6) is -1.06. The van der Waals surface area contributed by atoms with Crippen molar-refractivity contribution in [1.82, 2.24) is 15.1 Å². The fraction of sp³-hybridized carbons (Fsp3) is 0.750. The Morgan fingerprint density at radius 1 is 1.29 bits per heavy atom. The number of rotatable bonds is 6. The predicted octanol–water partition coefficient (Wildman–Crippen LogP) is 2.69.